The number of amides is 1. The Morgan fingerprint density at radius 2 is 1.80 bits per heavy atom. The lowest BCUT2D eigenvalue weighted by Crippen LogP contribution is -2.52. The van der Waals surface area contributed by atoms with Crippen molar-refractivity contribution in [2.45, 2.75) is 13.0 Å². The fourth-order valence-corrected chi connectivity index (χ4v) is 3.20. The van der Waals surface area contributed by atoms with Gasteiger partial charge in [-0.15, -0.1) is 0 Å². The van der Waals surface area contributed by atoms with E-state index in [-0.39, 0.29) is 17.7 Å². The summed E-state index contributed by atoms with van der Waals surface area (Å²) >= 11 is 5.96. The Bertz CT molecular complexity index is 728. The largest absolute Gasteiger partial charge is 0.508 e. The van der Waals surface area contributed by atoms with E-state index in [1.54, 1.807) is 24.3 Å². The van der Waals surface area contributed by atoms with E-state index in [4.69, 9.17) is 11.6 Å². The van der Waals surface area contributed by atoms with Crippen molar-refractivity contribution in [3.63, 3.8) is 0 Å². The summed E-state index contributed by atoms with van der Waals surface area (Å²) in [5.41, 5.74) is 1.81. The van der Waals surface area contributed by atoms with Crippen LogP contribution in [0.15, 0.2) is 48.5 Å². The van der Waals surface area contributed by atoms with Gasteiger partial charge < -0.3 is 15.3 Å². The van der Waals surface area contributed by atoms with Crippen molar-refractivity contribution in [2.75, 3.05) is 36.4 Å². The Hall–Kier alpha value is -2.24. The van der Waals surface area contributed by atoms with Crippen molar-refractivity contribution < 1.29 is 9.90 Å². The molecule has 1 saturated heterocycles. The van der Waals surface area contributed by atoms with Gasteiger partial charge in [0.2, 0.25) is 5.91 Å². The van der Waals surface area contributed by atoms with Gasteiger partial charge in [0.25, 0.3) is 0 Å². The number of benzene rings is 2. The molecule has 5 nitrogen and oxygen atoms in total. The molecule has 3 rings (SSSR count). The molecular formula is C19H22ClN3O2. The molecule has 1 amide bonds. The second-order valence-electron chi connectivity index (χ2n) is 6.21. The molecule has 25 heavy (non-hydrogen) atoms. The predicted octanol–water partition coefficient (Wildman–Crippen LogP) is 3.19. The summed E-state index contributed by atoms with van der Waals surface area (Å²) in [5.74, 6) is 0.244. The number of nitrogens with zero attached hydrogens (tertiary/aromatic N) is 2. The summed E-state index contributed by atoms with van der Waals surface area (Å²) in [5, 5.41) is 12.9. The number of hydrogen-bond acceptors (Lipinski definition) is 4. The minimum absolute atomic E-state index is 0.0275. The highest BCUT2D eigenvalue weighted by atomic mass is 35.5. The molecule has 0 spiro atoms. The normalized spacial score (nSPS) is 16.5. The Kier molecular flexibility index (Phi) is 5.46. The molecule has 0 unspecified atom stereocenters. The van der Waals surface area contributed by atoms with Gasteiger partial charge in [-0.1, -0.05) is 17.7 Å². The van der Waals surface area contributed by atoms with E-state index in [0.29, 0.717) is 10.7 Å². The fourth-order valence-electron chi connectivity index (χ4n) is 3.01. The average molecular weight is 360 g/mol. The minimum Gasteiger partial charge on any atom is -0.508 e. The summed E-state index contributed by atoms with van der Waals surface area (Å²) < 4.78 is 0. The molecular weight excluding hydrogens is 338 g/mol. The first-order valence-corrected chi connectivity index (χ1v) is 8.75. The van der Waals surface area contributed by atoms with Crippen molar-refractivity contribution >= 4 is 28.9 Å². The van der Waals surface area contributed by atoms with E-state index >= 15 is 0 Å². The molecule has 0 aromatic heterocycles. The SMILES string of the molecule is C[C@@H](C(=O)Nc1cccc(Cl)c1)N1CCN(c2ccc(O)cc2)CC1. The lowest BCUT2D eigenvalue weighted by atomic mass is 10.2. The van der Waals surface area contributed by atoms with Crippen molar-refractivity contribution in [2.24, 2.45) is 0 Å². The van der Waals surface area contributed by atoms with E-state index < -0.39 is 0 Å². The molecule has 1 aliphatic heterocycles. The maximum atomic E-state index is 12.5. The number of hydrogen-bond donors (Lipinski definition) is 2. The lowest BCUT2D eigenvalue weighted by molar-refractivity contribution is -0.120. The molecule has 1 fully saturated rings. The van der Waals surface area contributed by atoms with Crippen molar-refractivity contribution in [1.29, 1.82) is 0 Å². The molecule has 2 aromatic rings. The van der Waals surface area contributed by atoms with Gasteiger partial charge >= 0.3 is 0 Å². The molecule has 6 heteroatoms. The Morgan fingerprint density at radius 3 is 2.44 bits per heavy atom. The molecule has 1 atom stereocenters. The third-order valence-corrected chi connectivity index (χ3v) is 4.78. The Balaban J connectivity index is 1.54. The van der Waals surface area contributed by atoms with Crippen LogP contribution in [0.5, 0.6) is 5.75 Å². The fraction of sp³-hybridized carbons (Fsp3) is 0.316. The first-order chi connectivity index (χ1) is 12.0. The summed E-state index contributed by atoms with van der Waals surface area (Å²) in [7, 11) is 0. The lowest BCUT2D eigenvalue weighted by Gasteiger charge is -2.38. The number of carbonyl (C=O) groups is 1. The highest BCUT2D eigenvalue weighted by Gasteiger charge is 2.25. The average Bonchev–Trinajstić information content (AvgIpc) is 2.62. The van der Waals surface area contributed by atoms with Gasteiger partial charge in [0.1, 0.15) is 5.75 Å². The van der Waals surface area contributed by atoms with Crippen LogP contribution in [0.25, 0.3) is 0 Å². The molecule has 1 heterocycles. The van der Waals surface area contributed by atoms with Gasteiger partial charge in [0.15, 0.2) is 0 Å². The van der Waals surface area contributed by atoms with Crippen LogP contribution in [0, 0.1) is 0 Å². The van der Waals surface area contributed by atoms with Gasteiger partial charge in [0.05, 0.1) is 6.04 Å². The topological polar surface area (TPSA) is 55.8 Å². The summed E-state index contributed by atoms with van der Waals surface area (Å²) in [4.78, 5) is 16.9. The van der Waals surface area contributed by atoms with Crippen LogP contribution < -0.4 is 10.2 Å². The number of rotatable bonds is 4. The molecule has 0 radical (unpaired) electrons. The van der Waals surface area contributed by atoms with E-state index in [1.807, 2.05) is 31.2 Å². The van der Waals surface area contributed by atoms with Crippen LogP contribution in [-0.2, 0) is 4.79 Å². The van der Waals surface area contributed by atoms with Crippen molar-refractivity contribution in [3.05, 3.63) is 53.6 Å². The number of halogens is 1. The third-order valence-electron chi connectivity index (χ3n) is 4.55. The Morgan fingerprint density at radius 1 is 1.12 bits per heavy atom. The van der Waals surface area contributed by atoms with Gasteiger partial charge in [-0.3, -0.25) is 9.69 Å². The minimum atomic E-state index is -0.207. The molecule has 0 bridgehead atoms. The molecule has 2 aromatic carbocycles. The molecule has 1 aliphatic rings. The van der Waals surface area contributed by atoms with Crippen LogP contribution in [0.1, 0.15) is 6.92 Å². The molecule has 0 aliphatic carbocycles. The van der Waals surface area contributed by atoms with Crippen LogP contribution in [0.3, 0.4) is 0 Å². The maximum Gasteiger partial charge on any atom is 0.241 e. The van der Waals surface area contributed by atoms with Crippen LogP contribution in [0.2, 0.25) is 5.02 Å². The third kappa shape index (κ3) is 4.44. The summed E-state index contributed by atoms with van der Waals surface area (Å²) in [6.45, 7) is 5.24. The first kappa shape index (κ1) is 17.6. The number of anilines is 2. The second kappa shape index (κ2) is 7.76. The zero-order valence-corrected chi connectivity index (χ0v) is 14.9. The highest BCUT2D eigenvalue weighted by Crippen LogP contribution is 2.21. The summed E-state index contributed by atoms with van der Waals surface area (Å²) in [6, 6.07) is 14.2. The highest BCUT2D eigenvalue weighted by molar-refractivity contribution is 6.30. The van der Waals surface area contributed by atoms with Gasteiger partial charge in [-0.25, -0.2) is 0 Å². The standard InChI is InChI=1S/C19H22ClN3O2/c1-14(19(25)21-16-4-2-3-15(20)13-16)22-9-11-23(12-10-22)17-5-7-18(24)8-6-17/h2-8,13-14,24H,9-12H2,1H3,(H,21,25)/t14-/m0/s1. The smallest absolute Gasteiger partial charge is 0.241 e. The quantitative estimate of drug-likeness (QED) is 0.880. The van der Waals surface area contributed by atoms with Gasteiger partial charge in [0, 0.05) is 42.6 Å². The number of phenols is 1. The Labute approximate surface area is 152 Å². The van der Waals surface area contributed by atoms with Crippen LogP contribution >= 0.6 is 11.6 Å². The predicted molar refractivity (Wildman–Crippen MR) is 101 cm³/mol. The van der Waals surface area contributed by atoms with Crippen LogP contribution in [-0.4, -0.2) is 48.1 Å². The molecule has 132 valence electrons. The van der Waals surface area contributed by atoms with Gasteiger partial charge in [-0.2, -0.15) is 0 Å². The zero-order chi connectivity index (χ0) is 17.8. The number of piperazine rings is 1. The van der Waals surface area contributed by atoms with Gasteiger partial charge in [-0.05, 0) is 49.4 Å². The summed E-state index contributed by atoms with van der Waals surface area (Å²) in [6.07, 6.45) is 0. The number of aromatic hydroxyl groups is 1. The maximum absolute atomic E-state index is 12.5. The van der Waals surface area contributed by atoms with Crippen molar-refractivity contribution in [3.8, 4) is 5.75 Å². The molecule has 0 saturated carbocycles. The van der Waals surface area contributed by atoms with E-state index in [0.717, 1.165) is 31.9 Å². The van der Waals surface area contributed by atoms with Crippen LogP contribution in [0.4, 0.5) is 11.4 Å². The zero-order valence-electron chi connectivity index (χ0n) is 14.2. The second-order valence-corrected chi connectivity index (χ2v) is 6.65. The number of phenolic OH excluding ortho intramolecular Hbond substituents is 1. The number of carbonyl (C=O) groups excluding carboxylic acids is 1. The van der Waals surface area contributed by atoms with E-state index in [1.165, 1.54) is 0 Å². The van der Waals surface area contributed by atoms with E-state index in [9.17, 15) is 9.90 Å². The first-order valence-electron chi connectivity index (χ1n) is 8.37. The number of nitrogens with one attached hydrogen (secondary N) is 1. The van der Waals surface area contributed by atoms with Crippen molar-refractivity contribution in [1.82, 2.24) is 4.90 Å². The monoisotopic (exact) mass is 359 g/mol. The van der Waals surface area contributed by atoms with E-state index in [2.05, 4.69) is 15.1 Å². The molecule has 2 N–H and O–H groups in total.